The van der Waals surface area contributed by atoms with Crippen LogP contribution in [0.2, 0.25) is 0 Å². The van der Waals surface area contributed by atoms with Gasteiger partial charge in [0.1, 0.15) is 0 Å². The average Bonchev–Trinajstić information content (AvgIpc) is 1.88. The number of aliphatic hydroxyl groups is 1. The molecule has 2 nitrogen and oxygen atoms in total. The number of ether oxygens (including phenoxy) is 1. The fraction of sp³-hybridized carbons (Fsp3) is 1.00. The summed E-state index contributed by atoms with van der Waals surface area (Å²) in [4.78, 5) is 0. The first-order valence-electron chi connectivity index (χ1n) is 3.94. The first kappa shape index (κ1) is 9.92. The second kappa shape index (κ2) is 5.69. The monoisotopic (exact) mass is 146 g/mol. The predicted octanol–water partition coefficient (Wildman–Crippen LogP) is 1.43. The highest BCUT2D eigenvalue weighted by Crippen LogP contribution is 2.06. The third-order valence-electron chi connectivity index (χ3n) is 1.75. The second-order valence-electron chi connectivity index (χ2n) is 2.70. The van der Waals surface area contributed by atoms with Gasteiger partial charge in [-0.25, -0.2) is 0 Å². The summed E-state index contributed by atoms with van der Waals surface area (Å²) in [6, 6.07) is 0. The maximum absolute atomic E-state index is 9.06. The Morgan fingerprint density at radius 3 is 2.40 bits per heavy atom. The van der Waals surface area contributed by atoms with Crippen molar-refractivity contribution in [3.05, 3.63) is 0 Å². The van der Waals surface area contributed by atoms with Crippen molar-refractivity contribution in [2.24, 2.45) is 5.92 Å². The summed E-state index contributed by atoms with van der Waals surface area (Å²) in [7, 11) is 0. The van der Waals surface area contributed by atoms with E-state index >= 15 is 0 Å². The molecule has 0 aliphatic carbocycles. The van der Waals surface area contributed by atoms with Crippen LogP contribution < -0.4 is 0 Å². The topological polar surface area (TPSA) is 29.5 Å². The van der Waals surface area contributed by atoms with Crippen LogP contribution in [0.25, 0.3) is 0 Å². The quantitative estimate of drug-likeness (QED) is 0.594. The molecule has 0 rings (SSSR count). The van der Waals surface area contributed by atoms with Crippen LogP contribution in [0.1, 0.15) is 27.2 Å². The molecule has 10 heavy (non-hydrogen) atoms. The van der Waals surface area contributed by atoms with E-state index in [2.05, 4.69) is 0 Å². The zero-order valence-corrected chi connectivity index (χ0v) is 7.13. The minimum absolute atomic E-state index is 0.208. The van der Waals surface area contributed by atoms with Crippen molar-refractivity contribution in [3.8, 4) is 0 Å². The summed E-state index contributed by atoms with van der Waals surface area (Å²) in [6.07, 6.45) is 0.742. The van der Waals surface area contributed by atoms with Crippen LogP contribution in [0, 0.1) is 5.92 Å². The highest BCUT2D eigenvalue weighted by molar-refractivity contribution is 4.57. The highest BCUT2D eigenvalue weighted by Gasteiger charge is 2.07. The maximum atomic E-state index is 9.06. The van der Waals surface area contributed by atoms with Gasteiger partial charge in [0.2, 0.25) is 0 Å². The molecule has 62 valence electrons. The van der Waals surface area contributed by atoms with Crippen molar-refractivity contribution in [2.45, 2.75) is 33.3 Å². The van der Waals surface area contributed by atoms with E-state index in [1.165, 1.54) is 0 Å². The number of hydrogen-bond donors (Lipinski definition) is 1. The fourth-order valence-electron chi connectivity index (χ4n) is 0.655. The summed E-state index contributed by atoms with van der Waals surface area (Å²) < 4.78 is 5.14. The van der Waals surface area contributed by atoms with Crippen LogP contribution >= 0.6 is 0 Å². The minimum atomic E-state index is -0.208. The molecule has 2 unspecified atom stereocenters. The van der Waals surface area contributed by atoms with Crippen molar-refractivity contribution in [1.29, 1.82) is 0 Å². The van der Waals surface area contributed by atoms with E-state index in [1.807, 2.05) is 20.8 Å². The lowest BCUT2D eigenvalue weighted by atomic mass is 10.0. The van der Waals surface area contributed by atoms with Crippen molar-refractivity contribution in [1.82, 2.24) is 0 Å². The summed E-state index contributed by atoms with van der Waals surface area (Å²) >= 11 is 0. The molecule has 0 fully saturated rings. The number of rotatable bonds is 5. The van der Waals surface area contributed by atoms with Crippen LogP contribution in [0.15, 0.2) is 0 Å². The molecule has 0 saturated carbocycles. The largest absolute Gasteiger partial charge is 0.393 e. The van der Waals surface area contributed by atoms with Gasteiger partial charge in [0.05, 0.1) is 6.10 Å². The molecule has 0 aliphatic rings. The zero-order chi connectivity index (χ0) is 7.98. The molecule has 0 amide bonds. The Morgan fingerprint density at radius 2 is 2.00 bits per heavy atom. The maximum Gasteiger partial charge on any atom is 0.0538 e. The lowest BCUT2D eigenvalue weighted by Crippen LogP contribution is -2.15. The Labute approximate surface area is 63.2 Å². The summed E-state index contributed by atoms with van der Waals surface area (Å²) in [5.74, 6) is 0.353. The van der Waals surface area contributed by atoms with Crippen LogP contribution in [-0.2, 0) is 4.74 Å². The first-order chi connectivity index (χ1) is 4.68. The molecule has 0 aromatic rings. The van der Waals surface area contributed by atoms with Crippen molar-refractivity contribution < 1.29 is 9.84 Å². The Balaban J connectivity index is 3.13. The molecule has 0 heterocycles. The first-order valence-corrected chi connectivity index (χ1v) is 3.94. The number of hydrogen-bond acceptors (Lipinski definition) is 2. The van der Waals surface area contributed by atoms with Crippen LogP contribution in [-0.4, -0.2) is 24.4 Å². The highest BCUT2D eigenvalue weighted by atomic mass is 16.5. The molecule has 0 saturated heterocycles. The third kappa shape index (κ3) is 4.77. The van der Waals surface area contributed by atoms with Crippen LogP contribution in [0.4, 0.5) is 0 Å². The Kier molecular flexibility index (Phi) is 5.64. The summed E-state index contributed by atoms with van der Waals surface area (Å²) in [5.41, 5.74) is 0. The lowest BCUT2D eigenvalue weighted by molar-refractivity contribution is 0.0866. The molecular weight excluding hydrogens is 128 g/mol. The van der Waals surface area contributed by atoms with Gasteiger partial charge in [0, 0.05) is 13.2 Å². The van der Waals surface area contributed by atoms with E-state index in [0.29, 0.717) is 5.92 Å². The normalized spacial score (nSPS) is 16.8. The van der Waals surface area contributed by atoms with Gasteiger partial charge in [-0.1, -0.05) is 6.92 Å². The van der Waals surface area contributed by atoms with E-state index in [9.17, 15) is 0 Å². The molecule has 0 aromatic carbocycles. The molecule has 0 aromatic heterocycles. The van der Waals surface area contributed by atoms with Crippen molar-refractivity contribution in [3.63, 3.8) is 0 Å². The van der Waals surface area contributed by atoms with E-state index in [4.69, 9.17) is 9.84 Å². The van der Waals surface area contributed by atoms with Gasteiger partial charge in [-0.2, -0.15) is 0 Å². The average molecular weight is 146 g/mol. The molecule has 0 bridgehead atoms. The minimum Gasteiger partial charge on any atom is -0.393 e. The molecule has 0 spiro atoms. The lowest BCUT2D eigenvalue weighted by Gasteiger charge is -2.13. The Bertz CT molecular complexity index is 71.7. The zero-order valence-electron chi connectivity index (χ0n) is 7.13. The molecule has 0 radical (unpaired) electrons. The fourth-order valence-corrected chi connectivity index (χ4v) is 0.655. The van der Waals surface area contributed by atoms with Gasteiger partial charge >= 0.3 is 0 Å². The summed E-state index contributed by atoms with van der Waals surface area (Å²) in [6.45, 7) is 7.36. The van der Waals surface area contributed by atoms with Gasteiger partial charge in [-0.15, -0.1) is 0 Å². The van der Waals surface area contributed by atoms with Gasteiger partial charge in [0.15, 0.2) is 0 Å². The summed E-state index contributed by atoms with van der Waals surface area (Å²) in [5, 5.41) is 9.06. The Hall–Kier alpha value is -0.0800. The Morgan fingerprint density at radius 1 is 1.40 bits per heavy atom. The van der Waals surface area contributed by atoms with Crippen molar-refractivity contribution >= 4 is 0 Å². The molecular formula is C8H18O2. The second-order valence-corrected chi connectivity index (χ2v) is 2.70. The molecule has 0 aliphatic heterocycles. The molecule has 2 heteroatoms. The van der Waals surface area contributed by atoms with Gasteiger partial charge < -0.3 is 9.84 Å². The van der Waals surface area contributed by atoms with E-state index in [1.54, 1.807) is 0 Å². The van der Waals surface area contributed by atoms with Gasteiger partial charge in [0.25, 0.3) is 0 Å². The SMILES string of the molecule is CCOCCC(C)C(C)O. The number of aliphatic hydroxyl groups excluding tert-OH is 1. The van der Waals surface area contributed by atoms with Crippen LogP contribution in [0.3, 0.4) is 0 Å². The molecule has 1 N–H and O–H groups in total. The van der Waals surface area contributed by atoms with Gasteiger partial charge in [-0.05, 0) is 26.2 Å². The predicted molar refractivity (Wildman–Crippen MR) is 42.0 cm³/mol. The standard InChI is InChI=1S/C8H18O2/c1-4-10-6-5-7(2)8(3)9/h7-9H,4-6H2,1-3H3. The van der Waals surface area contributed by atoms with Crippen molar-refractivity contribution in [2.75, 3.05) is 13.2 Å². The van der Waals surface area contributed by atoms with E-state index in [0.717, 1.165) is 19.6 Å². The smallest absolute Gasteiger partial charge is 0.0538 e. The van der Waals surface area contributed by atoms with Gasteiger partial charge in [-0.3, -0.25) is 0 Å². The third-order valence-corrected chi connectivity index (χ3v) is 1.75. The van der Waals surface area contributed by atoms with E-state index in [-0.39, 0.29) is 6.10 Å². The van der Waals surface area contributed by atoms with E-state index < -0.39 is 0 Å². The van der Waals surface area contributed by atoms with Crippen LogP contribution in [0.5, 0.6) is 0 Å². The molecule has 2 atom stereocenters.